The Morgan fingerprint density at radius 3 is 2.66 bits per heavy atom. The van der Waals surface area contributed by atoms with Crippen LogP contribution in [0.3, 0.4) is 0 Å². The number of rotatable bonds is 5. The van der Waals surface area contributed by atoms with Crippen LogP contribution in [0.1, 0.15) is 66.9 Å². The van der Waals surface area contributed by atoms with Gasteiger partial charge in [-0.3, -0.25) is 4.79 Å². The number of pyridine rings is 1. The molecule has 0 radical (unpaired) electrons. The SMILES string of the molecule is COc1nc2c(C34CC(C(F)(F)F)(C3)C4)nc([C@H]3CCO[C@@H](c4ccc(=O)n(CC#N)c4)C3)nc2nc1C. The Morgan fingerprint density at radius 1 is 1.21 bits per heavy atom. The Labute approximate surface area is 215 Å². The van der Waals surface area contributed by atoms with Crippen molar-refractivity contribution in [2.45, 2.75) is 69.2 Å². The zero-order valence-electron chi connectivity index (χ0n) is 20.9. The van der Waals surface area contributed by atoms with Gasteiger partial charge in [0, 0.05) is 30.2 Å². The summed E-state index contributed by atoms with van der Waals surface area (Å²) >= 11 is 0. The molecule has 12 heteroatoms. The van der Waals surface area contributed by atoms with Crippen LogP contribution in [0.4, 0.5) is 13.2 Å². The van der Waals surface area contributed by atoms with Gasteiger partial charge in [0.05, 0.1) is 30.4 Å². The van der Waals surface area contributed by atoms with Gasteiger partial charge in [0.25, 0.3) is 5.56 Å². The highest BCUT2D eigenvalue weighted by Gasteiger charge is 2.79. The quantitative estimate of drug-likeness (QED) is 0.489. The first kappa shape index (κ1) is 24.7. The molecule has 0 N–H and O–H groups in total. The van der Waals surface area contributed by atoms with Crippen LogP contribution < -0.4 is 10.3 Å². The van der Waals surface area contributed by atoms with Crippen molar-refractivity contribution < 1.29 is 22.6 Å². The molecule has 1 saturated heterocycles. The molecular formula is C26H25F3N6O3. The fourth-order valence-electron chi connectivity index (χ4n) is 6.32. The van der Waals surface area contributed by atoms with Crippen LogP contribution in [0.25, 0.3) is 11.2 Å². The Kier molecular flexibility index (Phi) is 5.51. The number of methoxy groups -OCH3 is 1. The first-order valence-corrected chi connectivity index (χ1v) is 12.4. The van der Waals surface area contributed by atoms with Crippen molar-refractivity contribution in [2.24, 2.45) is 5.41 Å². The Morgan fingerprint density at radius 2 is 1.97 bits per heavy atom. The molecule has 0 spiro atoms. The van der Waals surface area contributed by atoms with Crippen molar-refractivity contribution in [1.82, 2.24) is 24.5 Å². The summed E-state index contributed by atoms with van der Waals surface area (Å²) in [5.41, 5.74) is -0.0638. The predicted octanol–water partition coefficient (Wildman–Crippen LogP) is 4.04. The second-order valence-corrected chi connectivity index (χ2v) is 10.7. The summed E-state index contributed by atoms with van der Waals surface area (Å²) in [6.45, 7) is 2.09. The van der Waals surface area contributed by atoms with E-state index in [-0.39, 0.29) is 43.4 Å². The molecule has 2 bridgehead atoms. The van der Waals surface area contributed by atoms with Crippen LogP contribution in [0, 0.1) is 23.7 Å². The van der Waals surface area contributed by atoms with Crippen LogP contribution in [-0.2, 0) is 16.7 Å². The molecule has 3 aliphatic carbocycles. The Hall–Kier alpha value is -3.59. The Balaban J connectivity index is 1.37. The van der Waals surface area contributed by atoms with Gasteiger partial charge < -0.3 is 14.0 Å². The van der Waals surface area contributed by atoms with E-state index in [1.54, 1.807) is 19.2 Å². The molecule has 9 nitrogen and oxygen atoms in total. The van der Waals surface area contributed by atoms with E-state index in [0.29, 0.717) is 53.7 Å². The molecule has 3 aromatic rings. The maximum Gasteiger partial charge on any atom is 0.394 e. The molecule has 2 atom stereocenters. The number of ether oxygens (including phenoxy) is 2. The van der Waals surface area contributed by atoms with Crippen LogP contribution in [0.2, 0.25) is 0 Å². The zero-order chi connectivity index (χ0) is 26.9. The fraction of sp³-hybridized carbons (Fsp3) is 0.538. The van der Waals surface area contributed by atoms with E-state index in [9.17, 15) is 18.0 Å². The molecule has 1 aliphatic heterocycles. The fourth-order valence-corrected chi connectivity index (χ4v) is 6.32. The van der Waals surface area contributed by atoms with Gasteiger partial charge in [0.2, 0.25) is 5.88 Å². The number of nitriles is 1. The highest BCUT2D eigenvalue weighted by molar-refractivity contribution is 5.76. The third-order valence-corrected chi connectivity index (χ3v) is 8.28. The van der Waals surface area contributed by atoms with E-state index < -0.39 is 17.0 Å². The molecule has 38 heavy (non-hydrogen) atoms. The predicted molar refractivity (Wildman–Crippen MR) is 127 cm³/mol. The number of aromatic nitrogens is 5. The van der Waals surface area contributed by atoms with E-state index in [1.807, 2.05) is 6.07 Å². The van der Waals surface area contributed by atoms with E-state index in [1.165, 1.54) is 17.7 Å². The standard InChI is InChI=1S/C26H25F3N6O3/c1-14-23(37-2)32-19-20(24-11-25(12-24,13-24)26(27,28)29)33-21(34-22(19)31-14)15-5-8-38-17(9-15)16-3-4-18(36)35(10-16)7-6-30/h3-4,10,15,17H,5,7-9,11-13H2,1-2H3/t15-,17+,24?,25?/m0/s1. The molecule has 7 rings (SSSR count). The van der Waals surface area contributed by atoms with Gasteiger partial charge in [-0.1, -0.05) is 0 Å². The summed E-state index contributed by atoms with van der Waals surface area (Å²) in [6.07, 6.45) is -1.86. The molecule has 0 aromatic carbocycles. The van der Waals surface area contributed by atoms with Crippen LogP contribution in [0.15, 0.2) is 23.1 Å². The first-order valence-electron chi connectivity index (χ1n) is 12.4. The molecular weight excluding hydrogens is 501 g/mol. The van der Waals surface area contributed by atoms with Crippen molar-refractivity contribution in [3.8, 4) is 11.9 Å². The molecule has 3 saturated carbocycles. The minimum absolute atomic E-state index is 0.0102. The summed E-state index contributed by atoms with van der Waals surface area (Å²) < 4.78 is 53.6. The highest BCUT2D eigenvalue weighted by atomic mass is 19.4. The van der Waals surface area contributed by atoms with Gasteiger partial charge in [-0.15, -0.1) is 0 Å². The summed E-state index contributed by atoms with van der Waals surface area (Å²) in [6, 6.07) is 5.08. The molecule has 4 fully saturated rings. The lowest BCUT2D eigenvalue weighted by Gasteiger charge is -2.70. The van der Waals surface area contributed by atoms with Gasteiger partial charge in [0.15, 0.2) is 5.65 Å². The van der Waals surface area contributed by atoms with E-state index in [4.69, 9.17) is 24.7 Å². The number of fused-ring (bicyclic) bond motifs is 1. The van der Waals surface area contributed by atoms with Crippen LogP contribution in [0.5, 0.6) is 5.88 Å². The summed E-state index contributed by atoms with van der Waals surface area (Å²) in [5, 5.41) is 9.02. The van der Waals surface area contributed by atoms with Gasteiger partial charge in [-0.25, -0.2) is 19.9 Å². The van der Waals surface area contributed by atoms with Gasteiger partial charge >= 0.3 is 6.18 Å². The van der Waals surface area contributed by atoms with Crippen molar-refractivity contribution in [3.05, 3.63) is 51.5 Å². The molecule has 0 amide bonds. The average Bonchev–Trinajstić information content (AvgIpc) is 2.82. The third-order valence-electron chi connectivity index (χ3n) is 8.28. The topological polar surface area (TPSA) is 116 Å². The van der Waals surface area contributed by atoms with Crippen LogP contribution in [-0.4, -0.2) is 44.4 Å². The van der Waals surface area contributed by atoms with Crippen molar-refractivity contribution in [3.63, 3.8) is 0 Å². The maximum absolute atomic E-state index is 13.6. The second kappa shape index (κ2) is 8.46. The zero-order valence-corrected chi connectivity index (χ0v) is 20.9. The number of alkyl halides is 3. The maximum atomic E-state index is 13.6. The number of hydrogen-bond donors (Lipinski definition) is 0. The normalized spacial score (nSPS) is 28.3. The highest BCUT2D eigenvalue weighted by Crippen LogP contribution is 2.78. The first-order chi connectivity index (χ1) is 18.1. The summed E-state index contributed by atoms with van der Waals surface area (Å²) in [7, 11) is 1.47. The summed E-state index contributed by atoms with van der Waals surface area (Å²) in [5.74, 6) is 0.669. The monoisotopic (exact) mass is 526 g/mol. The number of nitrogens with zero attached hydrogens (tertiary/aromatic N) is 6. The molecule has 4 heterocycles. The van der Waals surface area contributed by atoms with E-state index >= 15 is 0 Å². The van der Waals surface area contributed by atoms with Crippen LogP contribution >= 0.6 is 0 Å². The van der Waals surface area contributed by atoms with Gasteiger partial charge in [-0.2, -0.15) is 18.4 Å². The number of halogens is 3. The number of aryl methyl sites for hydroxylation is 1. The lowest BCUT2D eigenvalue weighted by atomic mass is 9.34. The van der Waals surface area contributed by atoms with Crippen molar-refractivity contribution >= 4 is 11.2 Å². The van der Waals surface area contributed by atoms with Crippen molar-refractivity contribution in [1.29, 1.82) is 5.26 Å². The summed E-state index contributed by atoms with van der Waals surface area (Å²) in [4.78, 5) is 30.8. The van der Waals surface area contributed by atoms with E-state index in [2.05, 4.69) is 9.97 Å². The minimum atomic E-state index is -4.24. The molecule has 3 aromatic heterocycles. The van der Waals surface area contributed by atoms with Gasteiger partial charge in [0.1, 0.15) is 23.6 Å². The second-order valence-electron chi connectivity index (χ2n) is 10.7. The number of hydrogen-bond acceptors (Lipinski definition) is 8. The molecule has 198 valence electrons. The smallest absolute Gasteiger partial charge is 0.394 e. The lowest BCUT2D eigenvalue weighted by Crippen LogP contribution is -2.70. The average molecular weight is 527 g/mol. The lowest BCUT2D eigenvalue weighted by molar-refractivity contribution is -0.337. The van der Waals surface area contributed by atoms with E-state index in [0.717, 1.165) is 5.56 Å². The largest absolute Gasteiger partial charge is 0.480 e. The Bertz CT molecular complexity index is 1530. The van der Waals surface area contributed by atoms with Gasteiger partial charge in [-0.05, 0) is 50.7 Å². The van der Waals surface area contributed by atoms with Crippen molar-refractivity contribution in [2.75, 3.05) is 13.7 Å². The molecule has 0 unspecified atom stereocenters. The third kappa shape index (κ3) is 3.66. The molecule has 4 aliphatic rings. The minimum Gasteiger partial charge on any atom is -0.480 e.